The lowest BCUT2D eigenvalue weighted by Gasteiger charge is -1.96. The number of aromatic nitrogens is 2. The summed E-state index contributed by atoms with van der Waals surface area (Å²) in [7, 11) is 2.05. The van der Waals surface area contributed by atoms with Crippen LogP contribution < -0.4 is 5.73 Å². The lowest BCUT2D eigenvalue weighted by Crippen LogP contribution is -2.07. The Balaban J connectivity index is 2.18. The number of rotatable bonds is 3. The summed E-state index contributed by atoms with van der Waals surface area (Å²) in [6.07, 6.45) is 5.67. The minimum absolute atomic E-state index is 0.689. The smallest absolute Gasteiger partial charge is 0.109 e. The molecule has 1 heterocycles. The summed E-state index contributed by atoms with van der Waals surface area (Å²) in [6.45, 7) is 0.689. The zero-order valence-corrected chi connectivity index (χ0v) is 7.45. The van der Waals surface area contributed by atoms with E-state index in [1.807, 2.05) is 7.05 Å². The van der Waals surface area contributed by atoms with Gasteiger partial charge in [0.2, 0.25) is 0 Å². The van der Waals surface area contributed by atoms with Gasteiger partial charge in [-0.15, -0.1) is 0 Å². The van der Waals surface area contributed by atoms with E-state index in [2.05, 4.69) is 15.7 Å². The number of imidazole rings is 1. The highest BCUT2D eigenvalue weighted by molar-refractivity contribution is 5.14. The minimum Gasteiger partial charge on any atom is -0.338 e. The number of nitrogens with two attached hydrogens (primary N) is 1. The summed E-state index contributed by atoms with van der Waals surface area (Å²) >= 11 is 0. The van der Waals surface area contributed by atoms with Crippen LogP contribution in [0.15, 0.2) is 6.20 Å². The predicted molar refractivity (Wildman–Crippen MR) is 47.9 cm³/mol. The molecule has 1 aliphatic carbocycles. The second kappa shape index (κ2) is 2.90. The second-order valence-electron chi connectivity index (χ2n) is 3.51. The third-order valence-electron chi connectivity index (χ3n) is 2.35. The molecule has 0 amide bonds. The highest BCUT2D eigenvalue weighted by Crippen LogP contribution is 2.39. The summed E-state index contributed by atoms with van der Waals surface area (Å²) < 4.78 is 2.10. The van der Waals surface area contributed by atoms with Gasteiger partial charge in [-0.2, -0.15) is 0 Å². The van der Waals surface area contributed by atoms with Crippen molar-refractivity contribution in [3.63, 3.8) is 0 Å². The molecule has 1 aromatic rings. The summed E-state index contributed by atoms with van der Waals surface area (Å²) in [6, 6.07) is 0. The molecule has 1 saturated carbocycles. The Kier molecular flexibility index (Phi) is 1.89. The predicted octanol–water partition coefficient (Wildman–Crippen LogP) is 0.799. The standard InChI is InChI=1S/C9H15N3/c1-12-6-8(7-2-3-7)11-9(12)4-5-10/h6-7H,2-5,10H2,1H3. The van der Waals surface area contributed by atoms with Gasteiger partial charge in [-0.3, -0.25) is 0 Å². The first-order valence-electron chi connectivity index (χ1n) is 4.53. The molecule has 0 atom stereocenters. The van der Waals surface area contributed by atoms with E-state index in [1.165, 1.54) is 18.5 Å². The van der Waals surface area contributed by atoms with Crippen molar-refractivity contribution in [2.45, 2.75) is 25.2 Å². The minimum atomic E-state index is 0.689. The van der Waals surface area contributed by atoms with Gasteiger partial charge in [-0.1, -0.05) is 0 Å². The SMILES string of the molecule is Cn1cc(C2CC2)nc1CCN. The molecule has 2 rings (SSSR count). The normalized spacial score (nSPS) is 16.8. The van der Waals surface area contributed by atoms with E-state index in [0.29, 0.717) is 6.54 Å². The number of hydrogen-bond acceptors (Lipinski definition) is 2. The van der Waals surface area contributed by atoms with Crippen LogP contribution in [0.25, 0.3) is 0 Å². The van der Waals surface area contributed by atoms with Gasteiger partial charge in [0.25, 0.3) is 0 Å². The van der Waals surface area contributed by atoms with Crippen molar-refractivity contribution in [3.05, 3.63) is 17.7 Å². The molecule has 3 heteroatoms. The largest absolute Gasteiger partial charge is 0.338 e. The Morgan fingerprint density at radius 2 is 2.42 bits per heavy atom. The van der Waals surface area contributed by atoms with Gasteiger partial charge in [-0.05, 0) is 19.4 Å². The van der Waals surface area contributed by atoms with Crippen LogP contribution in [0.5, 0.6) is 0 Å². The molecule has 0 saturated heterocycles. The van der Waals surface area contributed by atoms with E-state index in [1.54, 1.807) is 0 Å². The Labute approximate surface area is 72.6 Å². The van der Waals surface area contributed by atoms with Crippen molar-refractivity contribution in [1.29, 1.82) is 0 Å². The molecule has 0 radical (unpaired) electrons. The van der Waals surface area contributed by atoms with Crippen molar-refractivity contribution < 1.29 is 0 Å². The Hall–Kier alpha value is -0.830. The van der Waals surface area contributed by atoms with E-state index >= 15 is 0 Å². The Bertz CT molecular complexity index is 273. The third kappa shape index (κ3) is 1.37. The van der Waals surface area contributed by atoms with Crippen LogP contribution in [0.2, 0.25) is 0 Å². The van der Waals surface area contributed by atoms with Gasteiger partial charge in [0.1, 0.15) is 5.82 Å². The molecule has 0 aliphatic heterocycles. The number of aryl methyl sites for hydroxylation is 1. The van der Waals surface area contributed by atoms with Crippen molar-refractivity contribution in [2.24, 2.45) is 12.8 Å². The van der Waals surface area contributed by atoms with E-state index in [0.717, 1.165) is 18.2 Å². The summed E-state index contributed by atoms with van der Waals surface area (Å²) in [5.74, 6) is 1.88. The van der Waals surface area contributed by atoms with Crippen LogP contribution in [0.1, 0.15) is 30.3 Å². The summed E-state index contributed by atoms with van der Waals surface area (Å²) in [5, 5.41) is 0. The lowest BCUT2D eigenvalue weighted by molar-refractivity contribution is 0.777. The quantitative estimate of drug-likeness (QED) is 0.720. The zero-order valence-electron chi connectivity index (χ0n) is 7.45. The van der Waals surface area contributed by atoms with Crippen LogP contribution in [-0.4, -0.2) is 16.1 Å². The van der Waals surface area contributed by atoms with Crippen LogP contribution in [0, 0.1) is 0 Å². The van der Waals surface area contributed by atoms with Gasteiger partial charge in [0.15, 0.2) is 0 Å². The monoisotopic (exact) mass is 165 g/mol. The molecule has 0 aromatic carbocycles. The number of nitrogens with zero attached hydrogens (tertiary/aromatic N) is 2. The molecule has 0 unspecified atom stereocenters. The van der Waals surface area contributed by atoms with Crippen molar-refractivity contribution in [2.75, 3.05) is 6.54 Å². The van der Waals surface area contributed by atoms with E-state index in [-0.39, 0.29) is 0 Å². The molecular weight excluding hydrogens is 150 g/mol. The average Bonchev–Trinajstić information content (AvgIpc) is 2.80. The van der Waals surface area contributed by atoms with Crippen molar-refractivity contribution in [3.8, 4) is 0 Å². The van der Waals surface area contributed by atoms with Crippen molar-refractivity contribution in [1.82, 2.24) is 9.55 Å². The maximum atomic E-state index is 5.48. The Morgan fingerprint density at radius 1 is 1.67 bits per heavy atom. The first-order chi connectivity index (χ1) is 5.81. The zero-order chi connectivity index (χ0) is 8.55. The van der Waals surface area contributed by atoms with Crippen LogP contribution in [0.3, 0.4) is 0 Å². The van der Waals surface area contributed by atoms with E-state index in [4.69, 9.17) is 5.73 Å². The molecule has 2 N–H and O–H groups in total. The third-order valence-corrected chi connectivity index (χ3v) is 2.35. The summed E-state index contributed by atoms with van der Waals surface area (Å²) in [5.41, 5.74) is 6.74. The Morgan fingerprint density at radius 3 is 3.00 bits per heavy atom. The molecule has 1 fully saturated rings. The molecule has 0 spiro atoms. The lowest BCUT2D eigenvalue weighted by atomic mass is 10.3. The second-order valence-corrected chi connectivity index (χ2v) is 3.51. The first-order valence-corrected chi connectivity index (χ1v) is 4.53. The van der Waals surface area contributed by atoms with Crippen LogP contribution in [0.4, 0.5) is 0 Å². The van der Waals surface area contributed by atoms with Crippen LogP contribution in [-0.2, 0) is 13.5 Å². The van der Waals surface area contributed by atoms with E-state index < -0.39 is 0 Å². The number of hydrogen-bond donors (Lipinski definition) is 1. The molecule has 0 bridgehead atoms. The summed E-state index contributed by atoms with van der Waals surface area (Å²) in [4.78, 5) is 4.54. The fraction of sp³-hybridized carbons (Fsp3) is 0.667. The molecule has 12 heavy (non-hydrogen) atoms. The first kappa shape index (κ1) is 7.80. The van der Waals surface area contributed by atoms with E-state index in [9.17, 15) is 0 Å². The fourth-order valence-electron chi connectivity index (χ4n) is 1.47. The molecule has 66 valence electrons. The van der Waals surface area contributed by atoms with Crippen molar-refractivity contribution >= 4 is 0 Å². The topological polar surface area (TPSA) is 43.8 Å². The van der Waals surface area contributed by atoms with Gasteiger partial charge >= 0.3 is 0 Å². The average molecular weight is 165 g/mol. The van der Waals surface area contributed by atoms with Gasteiger partial charge < -0.3 is 10.3 Å². The highest BCUT2D eigenvalue weighted by Gasteiger charge is 2.26. The maximum absolute atomic E-state index is 5.48. The van der Waals surface area contributed by atoms with Gasteiger partial charge in [0, 0.05) is 25.6 Å². The maximum Gasteiger partial charge on any atom is 0.109 e. The van der Waals surface area contributed by atoms with Gasteiger partial charge in [0.05, 0.1) is 5.69 Å². The molecule has 1 aromatic heterocycles. The molecule has 1 aliphatic rings. The fourth-order valence-corrected chi connectivity index (χ4v) is 1.47. The molecule has 3 nitrogen and oxygen atoms in total. The molecular formula is C9H15N3. The van der Waals surface area contributed by atoms with Crippen LogP contribution >= 0.6 is 0 Å². The highest BCUT2D eigenvalue weighted by atomic mass is 15.1. The van der Waals surface area contributed by atoms with Gasteiger partial charge in [-0.25, -0.2) is 4.98 Å².